The molecule has 170 valence electrons. The number of halogens is 1. The van der Waals surface area contributed by atoms with Crippen molar-refractivity contribution >= 4 is 21.6 Å². The van der Waals surface area contributed by atoms with Crippen LogP contribution < -0.4 is 9.88 Å². The van der Waals surface area contributed by atoms with E-state index in [0.717, 1.165) is 5.71 Å². The van der Waals surface area contributed by atoms with Crippen molar-refractivity contribution in [2.75, 3.05) is 26.2 Å². The molecule has 0 saturated heterocycles. The Bertz CT molecular complexity index is 1160. The normalized spacial score (nSPS) is 16.0. The first kappa shape index (κ1) is 23.7. The molecule has 8 nitrogen and oxygen atoms in total. The number of ether oxygens (including phenoxy) is 1. The second-order valence-corrected chi connectivity index (χ2v) is 9.16. The van der Waals surface area contributed by atoms with Gasteiger partial charge in [-0.15, -0.1) is 0 Å². The average Bonchev–Trinajstić information content (AvgIpc) is 2.74. The number of hydrogen-bond acceptors (Lipinski definition) is 6. The Morgan fingerprint density at radius 3 is 2.69 bits per heavy atom. The first-order valence-electron chi connectivity index (χ1n) is 9.98. The molecular formula is C22H26FN4O4S+. The van der Waals surface area contributed by atoms with E-state index in [1.54, 1.807) is 23.6 Å². The van der Waals surface area contributed by atoms with Crippen LogP contribution in [-0.4, -0.2) is 60.7 Å². The average molecular weight is 462 g/mol. The standard InChI is InChI=1S/C22H26FN4O4S/c1-4-22(28)27-10-9-26(13-16(27)3)14-20(17-6-5-15(2)19(23)11-17)31-18-7-8-21(25-12-18)32(24,29)30/h4-8,11-12,20H,1,9-10,13-14H2,2-3H3,(H2,24,29,30)/q+1/t20-/m0/s1. The van der Waals surface area contributed by atoms with Gasteiger partial charge in [0.05, 0.1) is 19.3 Å². The van der Waals surface area contributed by atoms with E-state index in [1.807, 2.05) is 6.92 Å². The molecule has 1 aromatic heterocycles. The fraction of sp³-hybridized carbons (Fsp3) is 0.318. The molecular weight excluding hydrogens is 435 g/mol. The van der Waals surface area contributed by atoms with E-state index in [2.05, 4.69) is 16.5 Å². The summed E-state index contributed by atoms with van der Waals surface area (Å²) < 4.78 is 44.9. The number of aromatic nitrogens is 1. The summed E-state index contributed by atoms with van der Waals surface area (Å²) in [7, 11) is -3.92. The number of carbonyl (C=O) groups is 1. The number of aryl methyl sites for hydroxylation is 1. The van der Waals surface area contributed by atoms with Gasteiger partial charge in [0.2, 0.25) is 0 Å². The number of primary sulfonamides is 1. The maximum absolute atomic E-state index is 14.3. The van der Waals surface area contributed by atoms with E-state index in [0.29, 0.717) is 43.1 Å². The van der Waals surface area contributed by atoms with Gasteiger partial charge in [-0.25, -0.2) is 27.7 Å². The first-order valence-corrected chi connectivity index (χ1v) is 11.5. The molecule has 1 aromatic carbocycles. The molecule has 2 heterocycles. The van der Waals surface area contributed by atoms with E-state index >= 15 is 0 Å². The summed E-state index contributed by atoms with van der Waals surface area (Å²) in [6, 6.07) is 7.63. The van der Waals surface area contributed by atoms with Crippen molar-refractivity contribution in [3.63, 3.8) is 0 Å². The number of nitrogens with two attached hydrogens (primary N) is 1. The molecule has 0 fully saturated rings. The lowest BCUT2D eigenvalue weighted by molar-refractivity contribution is -0.451. The number of rotatable bonds is 7. The third-order valence-electron chi connectivity index (χ3n) is 5.26. The fourth-order valence-electron chi connectivity index (χ4n) is 3.51. The number of carbonyl (C=O) groups excluding carboxylic acids is 1. The topological polar surface area (TPSA) is 106 Å². The highest BCUT2D eigenvalue weighted by atomic mass is 32.2. The van der Waals surface area contributed by atoms with E-state index in [4.69, 9.17) is 9.88 Å². The number of hydrogen-bond donors (Lipinski definition) is 1. The highest BCUT2D eigenvalue weighted by Crippen LogP contribution is 2.25. The number of sulfonamides is 1. The second-order valence-electron chi connectivity index (χ2n) is 7.66. The van der Waals surface area contributed by atoms with E-state index < -0.39 is 16.1 Å². The summed E-state index contributed by atoms with van der Waals surface area (Å²) in [5.74, 6) is -0.163. The zero-order valence-corrected chi connectivity index (χ0v) is 18.8. The molecule has 1 aliphatic heterocycles. The molecule has 1 amide bonds. The zero-order valence-electron chi connectivity index (χ0n) is 18.0. The molecule has 0 bridgehead atoms. The lowest BCUT2D eigenvalue weighted by atomic mass is 10.1. The predicted octanol–water partition coefficient (Wildman–Crippen LogP) is 1.80. The molecule has 1 atom stereocenters. The van der Waals surface area contributed by atoms with Gasteiger partial charge in [0.25, 0.3) is 10.0 Å². The van der Waals surface area contributed by atoms with Crippen LogP contribution in [0.4, 0.5) is 4.39 Å². The summed E-state index contributed by atoms with van der Waals surface area (Å²) >= 11 is 0. The maximum atomic E-state index is 14.3. The predicted molar refractivity (Wildman–Crippen MR) is 118 cm³/mol. The Kier molecular flexibility index (Phi) is 7.17. The van der Waals surface area contributed by atoms with Crippen LogP contribution in [0.3, 0.4) is 0 Å². The Hall–Kier alpha value is -2.95. The first-order chi connectivity index (χ1) is 15.1. The van der Waals surface area contributed by atoms with Gasteiger partial charge < -0.3 is 4.74 Å². The molecule has 0 radical (unpaired) electrons. The van der Waals surface area contributed by atoms with E-state index in [9.17, 15) is 17.6 Å². The molecule has 0 aliphatic carbocycles. The number of amides is 1. The van der Waals surface area contributed by atoms with Crippen LogP contribution in [0.25, 0.3) is 0 Å². The third kappa shape index (κ3) is 5.64. The number of pyridine rings is 1. The van der Waals surface area contributed by atoms with Gasteiger partial charge in [-0.1, -0.05) is 18.7 Å². The van der Waals surface area contributed by atoms with Crippen LogP contribution in [0.15, 0.2) is 54.2 Å². The Morgan fingerprint density at radius 2 is 2.12 bits per heavy atom. The van der Waals surface area contributed by atoms with Crippen LogP contribution in [0.2, 0.25) is 0 Å². The third-order valence-corrected chi connectivity index (χ3v) is 6.09. The lowest BCUT2D eigenvalue weighted by Crippen LogP contribution is -2.47. The second kappa shape index (κ2) is 9.68. The van der Waals surface area contributed by atoms with Gasteiger partial charge in [0.1, 0.15) is 17.7 Å². The lowest BCUT2D eigenvalue weighted by Gasteiger charge is -2.29. The van der Waals surface area contributed by atoms with Crippen molar-refractivity contribution in [2.24, 2.45) is 5.14 Å². The number of nitrogens with zero attached hydrogens (tertiary/aromatic N) is 3. The van der Waals surface area contributed by atoms with Crippen LogP contribution in [0.1, 0.15) is 24.2 Å². The number of benzene rings is 1. The van der Waals surface area contributed by atoms with Crippen molar-refractivity contribution in [2.45, 2.75) is 25.0 Å². The monoisotopic (exact) mass is 461 g/mol. The highest BCUT2D eigenvalue weighted by molar-refractivity contribution is 7.89. The van der Waals surface area contributed by atoms with Gasteiger partial charge in [-0.2, -0.15) is 4.58 Å². The molecule has 0 unspecified atom stereocenters. The van der Waals surface area contributed by atoms with Crippen molar-refractivity contribution in [3.8, 4) is 5.75 Å². The van der Waals surface area contributed by atoms with Gasteiger partial charge in [0, 0.05) is 19.5 Å². The van der Waals surface area contributed by atoms with Crippen LogP contribution in [0, 0.1) is 12.7 Å². The quantitative estimate of drug-likeness (QED) is 0.498. The Balaban J connectivity index is 1.85. The SMILES string of the molecule is C=CC(=O)[N+]1=C(C)CN(C[C@H](Oc2ccc(S(N)(=O)=O)nc2)c2ccc(C)c(F)c2)CC1. The summed E-state index contributed by atoms with van der Waals surface area (Å²) in [6.07, 6.45) is 2.01. The zero-order chi connectivity index (χ0) is 23.5. The van der Waals surface area contributed by atoms with E-state index in [-0.39, 0.29) is 16.8 Å². The minimum atomic E-state index is -3.92. The van der Waals surface area contributed by atoms with Crippen molar-refractivity contribution in [1.29, 1.82) is 0 Å². The molecule has 0 spiro atoms. The van der Waals surface area contributed by atoms with E-state index in [1.165, 1.54) is 30.5 Å². The van der Waals surface area contributed by atoms with Gasteiger partial charge in [0.15, 0.2) is 17.3 Å². The smallest absolute Gasteiger partial charge is 0.411 e. The molecule has 0 saturated carbocycles. The Labute approximate surface area is 186 Å². The molecule has 2 N–H and O–H groups in total. The van der Waals surface area contributed by atoms with Crippen LogP contribution >= 0.6 is 0 Å². The molecule has 3 rings (SSSR count). The molecule has 2 aromatic rings. The summed E-state index contributed by atoms with van der Waals surface area (Å²) in [5, 5.41) is 4.83. The van der Waals surface area contributed by atoms with Crippen molar-refractivity contribution in [3.05, 3.63) is 66.1 Å². The molecule has 10 heteroatoms. The minimum Gasteiger partial charge on any atom is -0.483 e. The maximum Gasteiger partial charge on any atom is 0.411 e. The van der Waals surface area contributed by atoms with Crippen LogP contribution in [-0.2, 0) is 14.8 Å². The molecule has 32 heavy (non-hydrogen) atoms. The van der Waals surface area contributed by atoms with Crippen molar-refractivity contribution in [1.82, 2.24) is 9.88 Å². The Morgan fingerprint density at radius 1 is 1.38 bits per heavy atom. The summed E-state index contributed by atoms with van der Waals surface area (Å²) in [6.45, 7) is 9.17. The minimum absolute atomic E-state index is 0.142. The van der Waals surface area contributed by atoms with Crippen molar-refractivity contribution < 1.29 is 26.9 Å². The van der Waals surface area contributed by atoms with Gasteiger partial charge in [-0.05, 0) is 36.2 Å². The van der Waals surface area contributed by atoms with Crippen LogP contribution in [0.5, 0.6) is 5.75 Å². The van der Waals surface area contributed by atoms with Gasteiger partial charge in [-0.3, -0.25) is 4.90 Å². The fourth-order valence-corrected chi connectivity index (χ4v) is 3.97. The highest BCUT2D eigenvalue weighted by Gasteiger charge is 2.29. The summed E-state index contributed by atoms with van der Waals surface area (Å²) in [4.78, 5) is 17.9. The summed E-state index contributed by atoms with van der Waals surface area (Å²) in [5.41, 5.74) is 2.03. The largest absolute Gasteiger partial charge is 0.483 e. The van der Waals surface area contributed by atoms with Gasteiger partial charge >= 0.3 is 5.91 Å². The molecule has 1 aliphatic rings.